The minimum absolute atomic E-state index is 0.104. The van der Waals surface area contributed by atoms with Crippen LogP contribution in [0.1, 0.15) is 11.1 Å². The van der Waals surface area contributed by atoms with Gasteiger partial charge in [-0.1, -0.05) is 6.07 Å². The van der Waals surface area contributed by atoms with Gasteiger partial charge in [-0.25, -0.2) is 8.78 Å². The van der Waals surface area contributed by atoms with Crippen molar-refractivity contribution in [2.24, 2.45) is 0 Å². The summed E-state index contributed by atoms with van der Waals surface area (Å²) in [4.78, 5) is 0. The molecule has 1 rings (SSSR count). The Morgan fingerprint density at radius 3 is 2.18 bits per heavy atom. The molecule has 11 heavy (non-hydrogen) atoms. The maximum atomic E-state index is 12.8. The Kier molecular flexibility index (Phi) is 1.81. The molecule has 0 saturated carbocycles. The van der Waals surface area contributed by atoms with E-state index in [2.05, 4.69) is 0 Å². The van der Waals surface area contributed by atoms with Gasteiger partial charge in [0.1, 0.15) is 0 Å². The molecule has 0 aliphatic heterocycles. The molecule has 0 aromatic heterocycles. The molecule has 0 bridgehead atoms. The average molecular weight is 157 g/mol. The summed E-state index contributed by atoms with van der Waals surface area (Å²) in [6.45, 7) is 3.15. The van der Waals surface area contributed by atoms with Gasteiger partial charge in [0.25, 0.3) is 0 Å². The molecule has 60 valence electrons. The molecule has 0 unspecified atom stereocenters. The summed E-state index contributed by atoms with van der Waals surface area (Å²) < 4.78 is 25.5. The molecule has 0 aliphatic rings. The molecule has 0 spiro atoms. The normalized spacial score (nSPS) is 10.2. The van der Waals surface area contributed by atoms with Gasteiger partial charge in [-0.15, -0.1) is 0 Å². The molecule has 0 amide bonds. The summed E-state index contributed by atoms with van der Waals surface area (Å²) in [6, 6.07) is 1.52. The Labute approximate surface area is 63.8 Å². The van der Waals surface area contributed by atoms with E-state index in [0.29, 0.717) is 5.56 Å². The van der Waals surface area contributed by atoms with Gasteiger partial charge in [0.15, 0.2) is 11.6 Å². The van der Waals surface area contributed by atoms with Crippen LogP contribution in [0.15, 0.2) is 6.07 Å². The van der Waals surface area contributed by atoms with Gasteiger partial charge in [-0.2, -0.15) is 0 Å². The number of benzene rings is 1. The Bertz CT molecular complexity index is 268. The zero-order valence-electron chi connectivity index (χ0n) is 6.41. The monoisotopic (exact) mass is 157 g/mol. The van der Waals surface area contributed by atoms with E-state index in [-0.39, 0.29) is 11.3 Å². The van der Waals surface area contributed by atoms with Crippen molar-refractivity contribution in [2.75, 3.05) is 5.73 Å². The number of halogens is 2. The van der Waals surface area contributed by atoms with Gasteiger partial charge in [0, 0.05) is 0 Å². The Morgan fingerprint density at radius 1 is 1.09 bits per heavy atom. The number of aryl methyl sites for hydroxylation is 2. The van der Waals surface area contributed by atoms with Crippen molar-refractivity contribution >= 4 is 5.69 Å². The fraction of sp³-hybridized carbons (Fsp3) is 0.250. The number of rotatable bonds is 0. The van der Waals surface area contributed by atoms with Crippen molar-refractivity contribution in [2.45, 2.75) is 13.8 Å². The van der Waals surface area contributed by atoms with E-state index in [1.54, 1.807) is 6.92 Å². The third-order valence-corrected chi connectivity index (χ3v) is 1.63. The van der Waals surface area contributed by atoms with E-state index in [1.807, 2.05) is 0 Å². The van der Waals surface area contributed by atoms with Gasteiger partial charge >= 0.3 is 0 Å². The first-order valence-electron chi connectivity index (χ1n) is 3.24. The van der Waals surface area contributed by atoms with Crippen LogP contribution >= 0.6 is 0 Å². The molecule has 1 nitrogen and oxygen atoms in total. The van der Waals surface area contributed by atoms with Crippen LogP contribution in [0, 0.1) is 25.5 Å². The van der Waals surface area contributed by atoms with E-state index in [9.17, 15) is 8.78 Å². The molecule has 3 heteroatoms. The van der Waals surface area contributed by atoms with Crippen molar-refractivity contribution in [3.8, 4) is 0 Å². The summed E-state index contributed by atoms with van der Waals surface area (Å²) >= 11 is 0. The molecule has 0 fully saturated rings. The third kappa shape index (κ3) is 1.18. The van der Waals surface area contributed by atoms with E-state index in [1.165, 1.54) is 13.0 Å². The second-order valence-electron chi connectivity index (χ2n) is 2.55. The van der Waals surface area contributed by atoms with Crippen LogP contribution in [0.5, 0.6) is 0 Å². The summed E-state index contributed by atoms with van der Waals surface area (Å²) in [5, 5.41) is 0. The second kappa shape index (κ2) is 2.49. The van der Waals surface area contributed by atoms with Crippen molar-refractivity contribution < 1.29 is 8.78 Å². The highest BCUT2D eigenvalue weighted by molar-refractivity contribution is 5.49. The predicted molar refractivity (Wildman–Crippen MR) is 40.2 cm³/mol. The van der Waals surface area contributed by atoms with Crippen LogP contribution < -0.4 is 5.73 Å². The Hall–Kier alpha value is -1.12. The van der Waals surface area contributed by atoms with Crippen molar-refractivity contribution in [3.05, 3.63) is 28.8 Å². The number of hydrogen-bond acceptors (Lipinski definition) is 1. The summed E-state index contributed by atoms with van der Waals surface area (Å²) in [7, 11) is 0. The molecular formula is C8H9F2N. The van der Waals surface area contributed by atoms with E-state index < -0.39 is 11.6 Å². The first-order chi connectivity index (χ1) is 5.04. The van der Waals surface area contributed by atoms with Gasteiger partial charge in [-0.05, 0) is 25.0 Å². The lowest BCUT2D eigenvalue weighted by Gasteiger charge is -2.04. The minimum atomic E-state index is -0.942. The highest BCUT2D eigenvalue weighted by Gasteiger charge is 2.10. The summed E-state index contributed by atoms with van der Waals surface area (Å²) in [5.74, 6) is -1.80. The van der Waals surface area contributed by atoms with Gasteiger partial charge in [-0.3, -0.25) is 0 Å². The molecule has 1 aromatic rings. The molecule has 1 aromatic carbocycles. The number of nitrogens with two attached hydrogens (primary N) is 1. The molecule has 0 aliphatic carbocycles. The van der Waals surface area contributed by atoms with Gasteiger partial charge < -0.3 is 5.73 Å². The smallest absolute Gasteiger partial charge is 0.182 e. The lowest BCUT2D eigenvalue weighted by Crippen LogP contribution is -1.99. The maximum Gasteiger partial charge on any atom is 0.182 e. The quantitative estimate of drug-likeness (QED) is 0.574. The number of nitrogen functional groups attached to an aromatic ring is 1. The van der Waals surface area contributed by atoms with Gasteiger partial charge in [0.05, 0.1) is 5.69 Å². The molecule has 0 atom stereocenters. The Morgan fingerprint density at radius 2 is 1.64 bits per heavy atom. The predicted octanol–water partition coefficient (Wildman–Crippen LogP) is 2.16. The van der Waals surface area contributed by atoms with Crippen LogP contribution in [0.4, 0.5) is 14.5 Å². The summed E-state index contributed by atoms with van der Waals surface area (Å²) in [6.07, 6.45) is 0. The van der Waals surface area contributed by atoms with Crippen molar-refractivity contribution in [3.63, 3.8) is 0 Å². The zero-order chi connectivity index (χ0) is 8.59. The van der Waals surface area contributed by atoms with E-state index in [4.69, 9.17) is 5.73 Å². The van der Waals surface area contributed by atoms with Crippen LogP contribution in [0.3, 0.4) is 0 Å². The standard InChI is InChI=1S/C8H9F2N/c1-4-3-5(2)8(11)7(10)6(4)9/h3H,11H2,1-2H3. The highest BCUT2D eigenvalue weighted by atomic mass is 19.2. The fourth-order valence-electron chi connectivity index (χ4n) is 0.930. The second-order valence-corrected chi connectivity index (χ2v) is 2.55. The van der Waals surface area contributed by atoms with Crippen LogP contribution in [0.2, 0.25) is 0 Å². The van der Waals surface area contributed by atoms with Crippen LogP contribution in [-0.4, -0.2) is 0 Å². The van der Waals surface area contributed by atoms with Crippen molar-refractivity contribution in [1.29, 1.82) is 0 Å². The lowest BCUT2D eigenvalue weighted by molar-refractivity contribution is 0.505. The molecular weight excluding hydrogens is 148 g/mol. The number of hydrogen-bond donors (Lipinski definition) is 1. The summed E-state index contributed by atoms with van der Waals surface area (Å²) in [5.41, 5.74) is 5.99. The van der Waals surface area contributed by atoms with Crippen LogP contribution in [-0.2, 0) is 0 Å². The maximum absolute atomic E-state index is 12.8. The average Bonchev–Trinajstić information content (AvgIpc) is 1.97. The third-order valence-electron chi connectivity index (χ3n) is 1.63. The lowest BCUT2D eigenvalue weighted by atomic mass is 10.1. The molecule has 0 heterocycles. The topological polar surface area (TPSA) is 26.0 Å². The largest absolute Gasteiger partial charge is 0.396 e. The fourth-order valence-corrected chi connectivity index (χ4v) is 0.930. The minimum Gasteiger partial charge on any atom is -0.396 e. The van der Waals surface area contributed by atoms with Crippen LogP contribution in [0.25, 0.3) is 0 Å². The SMILES string of the molecule is Cc1cc(C)c(F)c(F)c1N. The molecule has 0 radical (unpaired) electrons. The van der Waals surface area contributed by atoms with Crippen molar-refractivity contribution in [1.82, 2.24) is 0 Å². The highest BCUT2D eigenvalue weighted by Crippen LogP contribution is 2.21. The molecule has 0 saturated heterocycles. The van der Waals surface area contributed by atoms with E-state index in [0.717, 1.165) is 0 Å². The first kappa shape index (κ1) is 7.98. The van der Waals surface area contributed by atoms with E-state index >= 15 is 0 Å². The molecule has 2 N–H and O–H groups in total. The zero-order valence-corrected chi connectivity index (χ0v) is 6.41. The van der Waals surface area contributed by atoms with Gasteiger partial charge in [0.2, 0.25) is 0 Å². The Balaban J connectivity index is 3.46. The number of anilines is 1. The first-order valence-corrected chi connectivity index (χ1v) is 3.24.